The van der Waals surface area contributed by atoms with Crippen molar-refractivity contribution in [2.24, 2.45) is 0 Å². The number of rotatable bonds is 4. The lowest BCUT2D eigenvalue weighted by molar-refractivity contribution is -0.142. The molecule has 26 heavy (non-hydrogen) atoms. The van der Waals surface area contributed by atoms with Gasteiger partial charge in [-0.15, -0.1) is 0 Å². The number of esters is 1. The van der Waals surface area contributed by atoms with Gasteiger partial charge < -0.3 is 9.64 Å². The van der Waals surface area contributed by atoms with E-state index >= 15 is 0 Å². The number of nitrogens with zero attached hydrogens (tertiary/aromatic N) is 1. The first-order valence-electron chi connectivity index (χ1n) is 8.56. The monoisotopic (exact) mass is 359 g/mol. The molecule has 0 aliphatic carbocycles. The van der Waals surface area contributed by atoms with Crippen LogP contribution in [0.25, 0.3) is 0 Å². The molecule has 0 saturated carbocycles. The molecule has 1 aliphatic heterocycles. The highest BCUT2D eigenvalue weighted by atomic mass is 19.1. The molecule has 1 atom stereocenters. The number of ether oxygens (including phenoxy) is 1. The molecule has 0 unspecified atom stereocenters. The fourth-order valence-electron chi connectivity index (χ4n) is 3.03. The van der Waals surface area contributed by atoms with Crippen molar-refractivity contribution in [2.75, 3.05) is 13.1 Å². The van der Waals surface area contributed by atoms with Crippen LogP contribution in [0.3, 0.4) is 0 Å². The van der Waals surface area contributed by atoms with Gasteiger partial charge >= 0.3 is 5.97 Å². The van der Waals surface area contributed by atoms with Gasteiger partial charge in [0.05, 0.1) is 0 Å². The van der Waals surface area contributed by atoms with Crippen molar-refractivity contribution in [3.63, 3.8) is 0 Å². The number of hydrogen-bond donors (Lipinski definition) is 0. The zero-order chi connectivity index (χ0) is 18.5. The van der Waals surface area contributed by atoms with Crippen LogP contribution in [0.2, 0.25) is 0 Å². The molecule has 4 nitrogen and oxygen atoms in total. The van der Waals surface area contributed by atoms with Gasteiger partial charge in [-0.1, -0.05) is 36.4 Å². The molecule has 2 aromatic rings. The summed E-state index contributed by atoms with van der Waals surface area (Å²) in [6.45, 7) is 1.15. The van der Waals surface area contributed by atoms with Crippen molar-refractivity contribution in [3.05, 3.63) is 71.3 Å². The average molecular weight is 359 g/mol. The topological polar surface area (TPSA) is 46.6 Å². The van der Waals surface area contributed by atoms with E-state index in [4.69, 9.17) is 4.74 Å². The van der Waals surface area contributed by atoms with Crippen molar-refractivity contribution in [1.82, 2.24) is 4.90 Å². The summed E-state index contributed by atoms with van der Waals surface area (Å²) in [6, 6.07) is 11.6. The Hall–Kier alpha value is -2.76. The molecule has 136 valence electrons. The standard InChI is InChI=1S/C20H19F2NO3/c21-15-10-7-11-16(22)17(15)20(25)26-18(14-8-3-1-4-9-14)19(24)23-12-5-2-6-13-23/h1,3-4,7-11,18H,2,5-6,12-13H2/t18-/m0/s1. The third kappa shape index (κ3) is 3.90. The first-order valence-corrected chi connectivity index (χ1v) is 8.56. The van der Waals surface area contributed by atoms with Gasteiger partial charge in [-0.2, -0.15) is 0 Å². The lowest BCUT2D eigenvalue weighted by Crippen LogP contribution is -2.40. The van der Waals surface area contributed by atoms with E-state index < -0.39 is 29.3 Å². The summed E-state index contributed by atoms with van der Waals surface area (Å²) in [5.41, 5.74) is -0.326. The molecule has 6 heteroatoms. The van der Waals surface area contributed by atoms with Gasteiger partial charge in [0.25, 0.3) is 5.91 Å². The first-order chi connectivity index (χ1) is 12.6. The second-order valence-corrected chi connectivity index (χ2v) is 6.18. The van der Waals surface area contributed by atoms with Crippen LogP contribution in [0.15, 0.2) is 48.5 Å². The van der Waals surface area contributed by atoms with E-state index in [1.807, 2.05) is 0 Å². The molecule has 0 bridgehead atoms. The van der Waals surface area contributed by atoms with Crippen LogP contribution in [0, 0.1) is 11.6 Å². The van der Waals surface area contributed by atoms with E-state index in [2.05, 4.69) is 0 Å². The van der Waals surface area contributed by atoms with E-state index in [0.29, 0.717) is 18.7 Å². The normalized spacial score (nSPS) is 15.4. The number of carbonyl (C=O) groups is 2. The molecule has 1 saturated heterocycles. The molecule has 1 aliphatic rings. The highest BCUT2D eigenvalue weighted by Gasteiger charge is 2.32. The third-order valence-corrected chi connectivity index (χ3v) is 4.39. The molecule has 0 N–H and O–H groups in total. The third-order valence-electron chi connectivity index (χ3n) is 4.39. The number of amides is 1. The minimum absolute atomic E-state index is 0.374. The van der Waals surface area contributed by atoms with Gasteiger partial charge in [0.1, 0.15) is 17.2 Å². The molecule has 1 fully saturated rings. The van der Waals surface area contributed by atoms with Crippen LogP contribution in [-0.2, 0) is 9.53 Å². The molecular weight excluding hydrogens is 340 g/mol. The Morgan fingerprint density at radius 3 is 2.12 bits per heavy atom. The van der Waals surface area contributed by atoms with E-state index in [0.717, 1.165) is 37.5 Å². The summed E-state index contributed by atoms with van der Waals surface area (Å²) in [5.74, 6) is -3.61. The number of carbonyl (C=O) groups excluding carboxylic acids is 2. The summed E-state index contributed by atoms with van der Waals surface area (Å²) < 4.78 is 33.0. The molecule has 1 heterocycles. The number of piperidine rings is 1. The van der Waals surface area contributed by atoms with E-state index in [1.54, 1.807) is 35.2 Å². The van der Waals surface area contributed by atoms with Crippen LogP contribution >= 0.6 is 0 Å². The fraction of sp³-hybridized carbons (Fsp3) is 0.300. The number of likely N-dealkylation sites (tertiary alicyclic amines) is 1. The molecule has 0 aromatic heterocycles. The minimum atomic E-state index is -1.24. The number of halogens is 2. The number of benzene rings is 2. The zero-order valence-electron chi connectivity index (χ0n) is 14.2. The van der Waals surface area contributed by atoms with Gasteiger partial charge in [0.2, 0.25) is 6.10 Å². The lowest BCUT2D eigenvalue weighted by atomic mass is 10.1. The van der Waals surface area contributed by atoms with Crippen molar-refractivity contribution in [1.29, 1.82) is 0 Å². The largest absolute Gasteiger partial charge is 0.444 e. The molecule has 0 radical (unpaired) electrons. The Bertz CT molecular complexity index is 769. The summed E-state index contributed by atoms with van der Waals surface area (Å²) in [6.07, 6.45) is 1.56. The highest BCUT2D eigenvalue weighted by Crippen LogP contribution is 2.25. The molecular formula is C20H19F2NO3. The Morgan fingerprint density at radius 2 is 1.50 bits per heavy atom. The van der Waals surface area contributed by atoms with E-state index in [-0.39, 0.29) is 5.91 Å². The van der Waals surface area contributed by atoms with Gasteiger partial charge in [-0.05, 0) is 31.4 Å². The number of hydrogen-bond acceptors (Lipinski definition) is 3. The molecule has 1 amide bonds. The maximum absolute atomic E-state index is 13.9. The summed E-state index contributed by atoms with van der Waals surface area (Å²) in [7, 11) is 0. The summed E-state index contributed by atoms with van der Waals surface area (Å²) in [5, 5.41) is 0. The van der Waals surface area contributed by atoms with Gasteiger partial charge in [-0.25, -0.2) is 13.6 Å². The van der Waals surface area contributed by atoms with Crippen LogP contribution in [-0.4, -0.2) is 29.9 Å². The van der Waals surface area contributed by atoms with Crippen LogP contribution in [0.1, 0.15) is 41.3 Å². The molecule has 2 aromatic carbocycles. The average Bonchev–Trinajstić information content (AvgIpc) is 2.67. The quantitative estimate of drug-likeness (QED) is 0.779. The summed E-state index contributed by atoms with van der Waals surface area (Å²) in [4.78, 5) is 26.9. The fourth-order valence-corrected chi connectivity index (χ4v) is 3.03. The lowest BCUT2D eigenvalue weighted by Gasteiger charge is -2.30. The molecule has 0 spiro atoms. The Morgan fingerprint density at radius 1 is 0.885 bits per heavy atom. The smallest absolute Gasteiger partial charge is 0.345 e. The molecule has 3 rings (SSSR count). The van der Waals surface area contributed by atoms with E-state index in [9.17, 15) is 18.4 Å². The second kappa shape index (κ2) is 8.08. The first kappa shape index (κ1) is 18.0. The zero-order valence-corrected chi connectivity index (χ0v) is 14.2. The van der Waals surface area contributed by atoms with Crippen LogP contribution in [0.4, 0.5) is 8.78 Å². The van der Waals surface area contributed by atoms with Crippen LogP contribution in [0.5, 0.6) is 0 Å². The Balaban J connectivity index is 1.88. The van der Waals surface area contributed by atoms with Crippen molar-refractivity contribution >= 4 is 11.9 Å². The van der Waals surface area contributed by atoms with Gasteiger partial charge in [0, 0.05) is 18.7 Å². The predicted octanol–water partition coefficient (Wildman–Crippen LogP) is 3.88. The predicted molar refractivity (Wildman–Crippen MR) is 91.4 cm³/mol. The Labute approximate surface area is 150 Å². The SMILES string of the molecule is O=C(O[C@H](C(=O)N1CCCCC1)c1ccccc1)c1c(F)cccc1F. The Kier molecular flexibility index (Phi) is 5.61. The highest BCUT2D eigenvalue weighted by molar-refractivity contribution is 5.93. The minimum Gasteiger partial charge on any atom is -0.444 e. The van der Waals surface area contributed by atoms with Crippen molar-refractivity contribution < 1.29 is 23.1 Å². The summed E-state index contributed by atoms with van der Waals surface area (Å²) >= 11 is 0. The van der Waals surface area contributed by atoms with Gasteiger partial charge in [0.15, 0.2) is 0 Å². The van der Waals surface area contributed by atoms with Crippen molar-refractivity contribution in [2.45, 2.75) is 25.4 Å². The maximum Gasteiger partial charge on any atom is 0.345 e. The van der Waals surface area contributed by atoms with E-state index in [1.165, 1.54) is 0 Å². The second-order valence-electron chi connectivity index (χ2n) is 6.18. The van der Waals surface area contributed by atoms with Crippen LogP contribution < -0.4 is 0 Å². The van der Waals surface area contributed by atoms with Crippen molar-refractivity contribution in [3.8, 4) is 0 Å². The maximum atomic E-state index is 13.9. The van der Waals surface area contributed by atoms with Gasteiger partial charge in [-0.3, -0.25) is 4.79 Å².